The predicted octanol–water partition coefficient (Wildman–Crippen LogP) is 3.74. The molecular formula is C12H18ClFN2O2. The molecule has 1 aromatic carbocycles. The third-order valence-corrected chi connectivity index (χ3v) is 2.71. The summed E-state index contributed by atoms with van der Waals surface area (Å²) >= 11 is 0. The minimum Gasteiger partial charge on any atom is -0.324 e. The van der Waals surface area contributed by atoms with Gasteiger partial charge in [-0.25, -0.2) is 4.39 Å². The number of hydrogen-bond donors (Lipinski definition) is 1. The number of halogens is 2. The van der Waals surface area contributed by atoms with Crippen molar-refractivity contribution in [3.8, 4) is 0 Å². The van der Waals surface area contributed by atoms with Gasteiger partial charge in [0.2, 0.25) is 0 Å². The summed E-state index contributed by atoms with van der Waals surface area (Å²) in [5.41, 5.74) is 6.08. The van der Waals surface area contributed by atoms with Crippen LogP contribution in [0, 0.1) is 15.9 Å². The Labute approximate surface area is 112 Å². The van der Waals surface area contributed by atoms with Gasteiger partial charge in [0.25, 0.3) is 5.69 Å². The Morgan fingerprint density at radius 1 is 1.44 bits per heavy atom. The van der Waals surface area contributed by atoms with Crippen LogP contribution in [0.4, 0.5) is 10.1 Å². The van der Waals surface area contributed by atoms with Crippen molar-refractivity contribution in [3.05, 3.63) is 39.7 Å². The summed E-state index contributed by atoms with van der Waals surface area (Å²) < 4.78 is 12.9. The van der Waals surface area contributed by atoms with Crippen molar-refractivity contribution in [1.82, 2.24) is 0 Å². The number of nitrogens with zero attached hydrogens (tertiary/aromatic N) is 1. The summed E-state index contributed by atoms with van der Waals surface area (Å²) in [6, 6.07) is 3.14. The van der Waals surface area contributed by atoms with Gasteiger partial charge in [0, 0.05) is 11.6 Å². The number of rotatable bonds is 6. The van der Waals surface area contributed by atoms with Gasteiger partial charge in [0.1, 0.15) is 5.82 Å². The molecule has 0 fully saturated rings. The van der Waals surface area contributed by atoms with E-state index in [2.05, 4.69) is 6.92 Å². The van der Waals surface area contributed by atoms with E-state index in [0.29, 0.717) is 12.0 Å². The maximum absolute atomic E-state index is 12.9. The average molecular weight is 277 g/mol. The molecule has 2 N–H and O–H groups in total. The van der Waals surface area contributed by atoms with Crippen LogP contribution in [0.5, 0.6) is 0 Å². The highest BCUT2D eigenvalue weighted by Gasteiger charge is 2.19. The van der Waals surface area contributed by atoms with Crippen LogP contribution in [0.25, 0.3) is 0 Å². The van der Waals surface area contributed by atoms with Crippen LogP contribution in [0.2, 0.25) is 0 Å². The molecule has 18 heavy (non-hydrogen) atoms. The number of unbranched alkanes of at least 4 members (excludes halogenated alkanes) is 2. The summed E-state index contributed by atoms with van der Waals surface area (Å²) in [6.07, 6.45) is 3.72. The van der Waals surface area contributed by atoms with Crippen molar-refractivity contribution < 1.29 is 9.31 Å². The van der Waals surface area contributed by atoms with E-state index < -0.39 is 16.8 Å². The third-order valence-electron chi connectivity index (χ3n) is 2.71. The molecule has 4 nitrogen and oxygen atoms in total. The molecule has 1 aromatic rings. The fourth-order valence-corrected chi connectivity index (χ4v) is 1.76. The zero-order valence-electron chi connectivity index (χ0n) is 10.3. The molecule has 0 aliphatic rings. The van der Waals surface area contributed by atoms with Crippen molar-refractivity contribution in [3.63, 3.8) is 0 Å². The lowest BCUT2D eigenvalue weighted by Crippen LogP contribution is -2.12. The first-order valence-corrected chi connectivity index (χ1v) is 5.75. The van der Waals surface area contributed by atoms with Crippen LogP contribution < -0.4 is 5.73 Å². The van der Waals surface area contributed by atoms with Crippen molar-refractivity contribution in [2.45, 2.75) is 38.6 Å². The Balaban J connectivity index is 0.00000289. The molecule has 0 heterocycles. The molecule has 0 bridgehead atoms. The summed E-state index contributed by atoms with van der Waals surface area (Å²) in [4.78, 5) is 10.2. The standard InChI is InChI=1S/C12H17FN2O2.ClH/c1-2-3-4-5-11(14)10-7-6-9(13)8-12(10)15(16)17;/h6-8,11H,2-5,14H2,1H3;1H/t11-;/m0./s1. The molecule has 1 atom stereocenters. The minimum atomic E-state index is -0.610. The summed E-state index contributed by atoms with van der Waals surface area (Å²) in [5, 5.41) is 10.8. The Hall–Kier alpha value is -1.20. The van der Waals surface area contributed by atoms with Crippen molar-refractivity contribution >= 4 is 18.1 Å². The maximum atomic E-state index is 12.9. The SMILES string of the molecule is CCCCC[C@H](N)c1ccc(F)cc1[N+](=O)[O-].Cl. The minimum absolute atomic E-state index is 0. The highest BCUT2D eigenvalue weighted by atomic mass is 35.5. The van der Waals surface area contributed by atoms with Crippen LogP contribution in [0.1, 0.15) is 44.2 Å². The molecule has 1 rings (SSSR count). The van der Waals surface area contributed by atoms with E-state index >= 15 is 0 Å². The van der Waals surface area contributed by atoms with Crippen LogP contribution in [-0.2, 0) is 0 Å². The first-order chi connectivity index (χ1) is 8.06. The molecule has 0 amide bonds. The predicted molar refractivity (Wildman–Crippen MR) is 71.4 cm³/mol. The van der Waals surface area contributed by atoms with Gasteiger partial charge >= 0.3 is 0 Å². The molecule has 102 valence electrons. The first kappa shape index (κ1) is 16.8. The number of hydrogen-bond acceptors (Lipinski definition) is 3. The van der Waals surface area contributed by atoms with E-state index in [1.807, 2.05) is 0 Å². The van der Waals surface area contributed by atoms with E-state index in [0.717, 1.165) is 25.3 Å². The molecule has 0 radical (unpaired) electrons. The lowest BCUT2D eigenvalue weighted by atomic mass is 9.99. The van der Waals surface area contributed by atoms with Crippen LogP contribution in [-0.4, -0.2) is 4.92 Å². The second kappa shape index (κ2) is 8.00. The number of nitro benzene ring substituents is 1. The van der Waals surface area contributed by atoms with E-state index in [1.54, 1.807) is 0 Å². The molecule has 0 spiro atoms. The Bertz CT molecular complexity index is 402. The maximum Gasteiger partial charge on any atom is 0.277 e. The van der Waals surface area contributed by atoms with Crippen LogP contribution in [0.3, 0.4) is 0 Å². The summed E-state index contributed by atoms with van der Waals surface area (Å²) in [6.45, 7) is 2.08. The summed E-state index contributed by atoms with van der Waals surface area (Å²) in [7, 11) is 0. The largest absolute Gasteiger partial charge is 0.324 e. The zero-order chi connectivity index (χ0) is 12.8. The number of benzene rings is 1. The van der Waals surface area contributed by atoms with Gasteiger partial charge < -0.3 is 5.73 Å². The molecular weight excluding hydrogens is 259 g/mol. The normalized spacial score (nSPS) is 11.7. The molecule has 0 unspecified atom stereocenters. The molecule has 0 saturated carbocycles. The highest BCUT2D eigenvalue weighted by molar-refractivity contribution is 5.85. The summed E-state index contributed by atoms with van der Waals surface area (Å²) in [5.74, 6) is -0.610. The number of nitrogens with two attached hydrogens (primary N) is 1. The molecule has 0 aromatic heterocycles. The van der Waals surface area contributed by atoms with Crippen LogP contribution >= 0.6 is 12.4 Å². The zero-order valence-corrected chi connectivity index (χ0v) is 11.1. The van der Waals surface area contributed by atoms with Gasteiger partial charge in [-0.3, -0.25) is 10.1 Å². The Kier molecular flexibility index (Phi) is 7.47. The monoisotopic (exact) mass is 276 g/mol. The van der Waals surface area contributed by atoms with Gasteiger partial charge in [-0.05, 0) is 18.6 Å². The van der Waals surface area contributed by atoms with Gasteiger partial charge in [-0.15, -0.1) is 12.4 Å². The molecule has 0 saturated heterocycles. The first-order valence-electron chi connectivity index (χ1n) is 5.75. The third kappa shape index (κ3) is 4.58. The van der Waals surface area contributed by atoms with E-state index in [9.17, 15) is 14.5 Å². The second-order valence-corrected chi connectivity index (χ2v) is 4.06. The Morgan fingerprint density at radius 3 is 2.67 bits per heavy atom. The van der Waals surface area contributed by atoms with E-state index in [-0.39, 0.29) is 18.1 Å². The molecule has 0 aliphatic carbocycles. The van der Waals surface area contributed by atoms with Crippen molar-refractivity contribution in [1.29, 1.82) is 0 Å². The van der Waals surface area contributed by atoms with Gasteiger partial charge in [-0.2, -0.15) is 0 Å². The van der Waals surface area contributed by atoms with E-state index in [4.69, 9.17) is 5.73 Å². The van der Waals surface area contributed by atoms with Gasteiger partial charge in [0.05, 0.1) is 11.0 Å². The second-order valence-electron chi connectivity index (χ2n) is 4.06. The highest BCUT2D eigenvalue weighted by Crippen LogP contribution is 2.27. The van der Waals surface area contributed by atoms with E-state index in [1.165, 1.54) is 12.1 Å². The molecule has 6 heteroatoms. The van der Waals surface area contributed by atoms with Crippen LogP contribution in [0.15, 0.2) is 18.2 Å². The van der Waals surface area contributed by atoms with Gasteiger partial charge in [0.15, 0.2) is 0 Å². The topological polar surface area (TPSA) is 69.2 Å². The lowest BCUT2D eigenvalue weighted by Gasteiger charge is -2.11. The molecule has 0 aliphatic heterocycles. The Morgan fingerprint density at radius 2 is 2.11 bits per heavy atom. The fraction of sp³-hybridized carbons (Fsp3) is 0.500. The lowest BCUT2D eigenvalue weighted by molar-refractivity contribution is -0.385. The van der Waals surface area contributed by atoms with Crippen molar-refractivity contribution in [2.24, 2.45) is 5.73 Å². The fourth-order valence-electron chi connectivity index (χ4n) is 1.76. The van der Waals surface area contributed by atoms with Gasteiger partial charge in [-0.1, -0.05) is 26.2 Å². The quantitative estimate of drug-likeness (QED) is 0.489. The smallest absolute Gasteiger partial charge is 0.277 e. The van der Waals surface area contributed by atoms with Crippen molar-refractivity contribution in [2.75, 3.05) is 0 Å². The number of nitro groups is 1. The average Bonchev–Trinajstić information content (AvgIpc) is 2.29.